The first kappa shape index (κ1) is 15.9. The molecule has 0 bridgehead atoms. The lowest BCUT2D eigenvalue weighted by atomic mass is 10.1. The molecule has 0 aromatic heterocycles. The molecule has 1 amide bonds. The molecular formula is C17H21NO2S. The number of aliphatic hydroxyl groups is 1. The van der Waals surface area contributed by atoms with E-state index >= 15 is 0 Å². The van der Waals surface area contributed by atoms with Gasteiger partial charge in [0.15, 0.2) is 0 Å². The number of benzene rings is 1. The van der Waals surface area contributed by atoms with Gasteiger partial charge in [-0.15, -0.1) is 11.8 Å². The van der Waals surface area contributed by atoms with Gasteiger partial charge in [-0.25, -0.2) is 0 Å². The number of nitrogens with one attached hydrogen (secondary N) is 1. The van der Waals surface area contributed by atoms with E-state index in [4.69, 9.17) is 5.11 Å². The van der Waals surface area contributed by atoms with Gasteiger partial charge in [-0.3, -0.25) is 4.79 Å². The molecule has 4 heteroatoms. The highest BCUT2D eigenvalue weighted by atomic mass is 32.2. The van der Waals surface area contributed by atoms with E-state index in [1.165, 1.54) is 6.42 Å². The van der Waals surface area contributed by atoms with Crippen molar-refractivity contribution in [3.63, 3.8) is 0 Å². The predicted molar refractivity (Wildman–Crippen MR) is 87.0 cm³/mol. The standard InChI is InChI=1S/C17H21NO2S/c19-11-3-1-5-14-7-9-15(10-8-14)13-18-17(20)16-6-2-4-12-21-16/h7-10,16,19H,2-4,6,11-13H2,(H,18,20). The van der Waals surface area contributed by atoms with E-state index < -0.39 is 0 Å². The molecule has 0 saturated carbocycles. The Balaban J connectivity index is 1.80. The third-order valence-electron chi connectivity index (χ3n) is 3.36. The summed E-state index contributed by atoms with van der Waals surface area (Å²) in [6.07, 6.45) is 3.88. The average Bonchev–Trinajstić information content (AvgIpc) is 2.55. The molecule has 0 radical (unpaired) electrons. The van der Waals surface area contributed by atoms with E-state index in [0.29, 0.717) is 13.0 Å². The molecule has 1 fully saturated rings. The Morgan fingerprint density at radius 3 is 2.81 bits per heavy atom. The zero-order valence-electron chi connectivity index (χ0n) is 12.1. The summed E-state index contributed by atoms with van der Waals surface area (Å²) in [7, 11) is 0. The smallest absolute Gasteiger partial charge is 0.233 e. The average molecular weight is 303 g/mol. The molecule has 0 aliphatic carbocycles. The summed E-state index contributed by atoms with van der Waals surface area (Å²) >= 11 is 1.77. The Morgan fingerprint density at radius 2 is 2.14 bits per heavy atom. The van der Waals surface area contributed by atoms with Crippen LogP contribution >= 0.6 is 11.8 Å². The predicted octanol–water partition coefficient (Wildman–Crippen LogP) is 2.32. The van der Waals surface area contributed by atoms with Gasteiger partial charge in [-0.2, -0.15) is 0 Å². The number of carbonyl (C=O) groups is 1. The van der Waals surface area contributed by atoms with Crippen molar-refractivity contribution in [2.75, 3.05) is 12.4 Å². The highest BCUT2D eigenvalue weighted by molar-refractivity contribution is 8.00. The van der Waals surface area contributed by atoms with Crippen LogP contribution < -0.4 is 5.32 Å². The molecule has 1 heterocycles. The summed E-state index contributed by atoms with van der Waals surface area (Å²) in [6, 6.07) is 7.86. The Hall–Kier alpha value is -1.44. The third kappa shape index (κ3) is 5.45. The van der Waals surface area contributed by atoms with Gasteiger partial charge in [0.1, 0.15) is 0 Å². The van der Waals surface area contributed by atoms with E-state index in [1.54, 1.807) is 11.8 Å². The maximum absolute atomic E-state index is 12.0. The van der Waals surface area contributed by atoms with Crippen molar-refractivity contribution in [3.05, 3.63) is 35.4 Å². The van der Waals surface area contributed by atoms with Crippen LogP contribution in [0.3, 0.4) is 0 Å². The second kappa shape index (κ2) is 8.76. The summed E-state index contributed by atoms with van der Waals surface area (Å²) < 4.78 is 0. The molecule has 0 spiro atoms. The molecule has 2 rings (SSSR count). The van der Waals surface area contributed by atoms with E-state index in [0.717, 1.165) is 29.7 Å². The zero-order valence-corrected chi connectivity index (χ0v) is 12.9. The van der Waals surface area contributed by atoms with Crippen LogP contribution in [0.1, 0.15) is 36.8 Å². The molecule has 21 heavy (non-hydrogen) atoms. The fourth-order valence-electron chi connectivity index (χ4n) is 2.18. The molecule has 1 atom stereocenters. The molecule has 1 aromatic rings. The molecule has 1 saturated heterocycles. The fourth-order valence-corrected chi connectivity index (χ4v) is 3.40. The van der Waals surface area contributed by atoms with Crippen molar-refractivity contribution >= 4 is 17.7 Å². The van der Waals surface area contributed by atoms with Gasteiger partial charge in [0.25, 0.3) is 0 Å². The maximum atomic E-state index is 12.0. The van der Waals surface area contributed by atoms with Gasteiger partial charge in [0.2, 0.25) is 5.91 Å². The summed E-state index contributed by atoms with van der Waals surface area (Å²) in [5.74, 6) is 7.14. The van der Waals surface area contributed by atoms with E-state index in [1.807, 2.05) is 24.3 Å². The van der Waals surface area contributed by atoms with Crippen LogP contribution in [0, 0.1) is 11.8 Å². The molecule has 1 aliphatic heterocycles. The van der Waals surface area contributed by atoms with Crippen molar-refractivity contribution in [3.8, 4) is 11.8 Å². The minimum atomic E-state index is 0.0935. The van der Waals surface area contributed by atoms with Crippen LogP contribution in [-0.4, -0.2) is 28.6 Å². The van der Waals surface area contributed by atoms with Gasteiger partial charge in [0, 0.05) is 18.5 Å². The van der Waals surface area contributed by atoms with E-state index in [9.17, 15) is 4.79 Å². The molecule has 3 nitrogen and oxygen atoms in total. The Kier molecular flexibility index (Phi) is 6.65. The second-order valence-corrected chi connectivity index (χ2v) is 6.36. The van der Waals surface area contributed by atoms with Gasteiger partial charge in [-0.1, -0.05) is 30.4 Å². The molecule has 2 N–H and O–H groups in total. The lowest BCUT2D eigenvalue weighted by Crippen LogP contribution is -2.33. The van der Waals surface area contributed by atoms with Gasteiger partial charge in [-0.05, 0) is 36.3 Å². The lowest BCUT2D eigenvalue weighted by molar-refractivity contribution is -0.120. The van der Waals surface area contributed by atoms with Crippen LogP contribution in [0.25, 0.3) is 0 Å². The highest BCUT2D eigenvalue weighted by Gasteiger charge is 2.21. The minimum absolute atomic E-state index is 0.0935. The second-order valence-electron chi connectivity index (χ2n) is 5.05. The molecule has 112 valence electrons. The number of amides is 1. The summed E-state index contributed by atoms with van der Waals surface area (Å²) in [5, 5.41) is 11.8. The topological polar surface area (TPSA) is 49.3 Å². The third-order valence-corrected chi connectivity index (χ3v) is 4.74. The summed E-state index contributed by atoms with van der Waals surface area (Å²) in [6.45, 7) is 0.663. The molecule has 1 aliphatic rings. The highest BCUT2D eigenvalue weighted by Crippen LogP contribution is 2.25. The summed E-state index contributed by atoms with van der Waals surface area (Å²) in [4.78, 5) is 12.0. The first-order valence-corrected chi connectivity index (χ1v) is 8.42. The lowest BCUT2D eigenvalue weighted by Gasteiger charge is -2.20. The van der Waals surface area contributed by atoms with Crippen molar-refractivity contribution in [2.45, 2.75) is 37.5 Å². The van der Waals surface area contributed by atoms with Crippen molar-refractivity contribution in [1.82, 2.24) is 5.32 Å². The van der Waals surface area contributed by atoms with Gasteiger partial charge in [0.05, 0.1) is 11.9 Å². The van der Waals surface area contributed by atoms with Gasteiger partial charge >= 0.3 is 0 Å². The number of thioether (sulfide) groups is 1. The minimum Gasteiger partial charge on any atom is -0.395 e. The molecule has 1 unspecified atom stereocenters. The Bertz CT molecular complexity index is 510. The van der Waals surface area contributed by atoms with Crippen LogP contribution in [0.2, 0.25) is 0 Å². The SMILES string of the molecule is O=C(NCc1ccc(C#CCCO)cc1)C1CCCCS1. The normalized spacial score (nSPS) is 17.7. The van der Waals surface area contributed by atoms with Gasteiger partial charge < -0.3 is 10.4 Å². The number of hydrogen-bond donors (Lipinski definition) is 2. The van der Waals surface area contributed by atoms with Crippen molar-refractivity contribution in [1.29, 1.82) is 0 Å². The van der Waals surface area contributed by atoms with Crippen LogP contribution in [-0.2, 0) is 11.3 Å². The van der Waals surface area contributed by atoms with E-state index in [2.05, 4.69) is 17.2 Å². The number of hydrogen-bond acceptors (Lipinski definition) is 3. The van der Waals surface area contributed by atoms with Crippen LogP contribution in [0.5, 0.6) is 0 Å². The quantitative estimate of drug-likeness (QED) is 0.839. The Labute approximate surface area is 130 Å². The molecule has 1 aromatic carbocycles. The van der Waals surface area contributed by atoms with E-state index in [-0.39, 0.29) is 17.8 Å². The van der Waals surface area contributed by atoms with Crippen molar-refractivity contribution in [2.24, 2.45) is 0 Å². The summed E-state index contributed by atoms with van der Waals surface area (Å²) in [5.41, 5.74) is 2.01. The number of carbonyl (C=O) groups excluding carboxylic acids is 1. The maximum Gasteiger partial charge on any atom is 0.233 e. The first-order valence-electron chi connectivity index (χ1n) is 7.37. The zero-order chi connectivity index (χ0) is 14.9. The number of aliphatic hydroxyl groups excluding tert-OH is 1. The first-order chi connectivity index (χ1) is 10.3. The fraction of sp³-hybridized carbons (Fsp3) is 0.471. The molecular weight excluding hydrogens is 282 g/mol. The van der Waals surface area contributed by atoms with Crippen molar-refractivity contribution < 1.29 is 9.90 Å². The van der Waals surface area contributed by atoms with Crippen LogP contribution in [0.4, 0.5) is 0 Å². The largest absolute Gasteiger partial charge is 0.395 e. The number of rotatable bonds is 4. The Morgan fingerprint density at radius 1 is 1.33 bits per heavy atom. The van der Waals surface area contributed by atoms with Crippen LogP contribution in [0.15, 0.2) is 24.3 Å². The monoisotopic (exact) mass is 303 g/mol.